The number of hydrogen-bond donors (Lipinski definition) is 0. The van der Waals surface area contributed by atoms with Gasteiger partial charge in [0.15, 0.2) is 0 Å². The minimum Gasteiger partial charge on any atom is -0.341 e. The van der Waals surface area contributed by atoms with Crippen molar-refractivity contribution in [3.05, 3.63) is 12.2 Å². The van der Waals surface area contributed by atoms with Gasteiger partial charge in [-0.1, -0.05) is 28.1 Å². The Morgan fingerprint density at radius 1 is 1.64 bits per heavy atom. The van der Waals surface area contributed by atoms with E-state index in [0.717, 1.165) is 6.42 Å². The summed E-state index contributed by atoms with van der Waals surface area (Å²) >= 11 is 3.53. The van der Waals surface area contributed by atoms with Crippen molar-refractivity contribution in [3.63, 3.8) is 0 Å². The average Bonchev–Trinajstić information content (AvgIpc) is 2.24. The molecule has 1 amide bonds. The number of halogens is 1. The smallest absolute Gasteiger partial charge is 0.229 e. The molecule has 2 aliphatic rings. The molecule has 0 aromatic rings. The molecular weight excluding hydrogens is 206 g/mol. The Bertz CT molecular complexity index is 226. The summed E-state index contributed by atoms with van der Waals surface area (Å²) in [4.78, 5) is 13.6. The third-order valence-corrected chi connectivity index (χ3v) is 3.47. The van der Waals surface area contributed by atoms with E-state index in [1.54, 1.807) is 0 Å². The van der Waals surface area contributed by atoms with Crippen molar-refractivity contribution < 1.29 is 4.79 Å². The van der Waals surface area contributed by atoms with Gasteiger partial charge in [0.25, 0.3) is 0 Å². The second kappa shape index (κ2) is 2.34. The lowest BCUT2D eigenvalue weighted by Crippen LogP contribution is -2.33. The highest BCUT2D eigenvalue weighted by atomic mass is 79.9. The first kappa shape index (κ1) is 7.35. The molecule has 2 rings (SSSR count). The summed E-state index contributed by atoms with van der Waals surface area (Å²) in [6.07, 6.45) is 5.09. The highest BCUT2D eigenvalue weighted by Gasteiger charge is 2.41. The average molecular weight is 216 g/mol. The maximum Gasteiger partial charge on any atom is 0.229 e. The topological polar surface area (TPSA) is 20.3 Å². The van der Waals surface area contributed by atoms with Crippen molar-refractivity contribution in [2.45, 2.75) is 17.3 Å². The predicted molar refractivity (Wildman–Crippen MR) is 46.5 cm³/mol. The van der Waals surface area contributed by atoms with Crippen LogP contribution in [0.3, 0.4) is 0 Å². The number of alkyl halides is 1. The number of amides is 1. The monoisotopic (exact) mass is 215 g/mol. The van der Waals surface area contributed by atoms with Gasteiger partial charge >= 0.3 is 0 Å². The van der Waals surface area contributed by atoms with Gasteiger partial charge in [0.05, 0.1) is 10.7 Å². The van der Waals surface area contributed by atoms with Gasteiger partial charge in [-0.3, -0.25) is 4.79 Å². The van der Waals surface area contributed by atoms with E-state index >= 15 is 0 Å². The van der Waals surface area contributed by atoms with Crippen LogP contribution in [0, 0.1) is 5.92 Å². The Kier molecular flexibility index (Phi) is 1.56. The van der Waals surface area contributed by atoms with Crippen LogP contribution in [0.5, 0.6) is 0 Å². The molecule has 0 aromatic heterocycles. The van der Waals surface area contributed by atoms with E-state index in [9.17, 15) is 4.79 Å². The van der Waals surface area contributed by atoms with Crippen LogP contribution in [0.1, 0.15) is 6.42 Å². The van der Waals surface area contributed by atoms with Crippen molar-refractivity contribution in [1.82, 2.24) is 4.90 Å². The Hall–Kier alpha value is -0.310. The summed E-state index contributed by atoms with van der Waals surface area (Å²) in [5.74, 6) is 0.437. The molecule has 3 heteroatoms. The number of likely N-dealkylation sites (tertiary alicyclic amines) is 1. The molecule has 2 nitrogen and oxygen atoms in total. The van der Waals surface area contributed by atoms with E-state index in [4.69, 9.17) is 0 Å². The fourth-order valence-corrected chi connectivity index (χ4v) is 2.56. The zero-order valence-corrected chi connectivity index (χ0v) is 7.91. The summed E-state index contributed by atoms with van der Waals surface area (Å²) in [5.41, 5.74) is 0. The first-order chi connectivity index (χ1) is 5.20. The molecule has 11 heavy (non-hydrogen) atoms. The van der Waals surface area contributed by atoms with Crippen molar-refractivity contribution >= 4 is 21.8 Å². The van der Waals surface area contributed by atoms with Gasteiger partial charge in [0.1, 0.15) is 0 Å². The van der Waals surface area contributed by atoms with E-state index in [1.807, 2.05) is 18.0 Å². The Morgan fingerprint density at radius 3 is 3.00 bits per heavy atom. The van der Waals surface area contributed by atoms with E-state index in [1.165, 1.54) is 0 Å². The number of hydrogen-bond acceptors (Lipinski definition) is 1. The zero-order chi connectivity index (χ0) is 8.01. The number of nitrogens with zero attached hydrogens (tertiary/aromatic N) is 1. The SMILES string of the molecule is CN1C(=O)[C@H]2C=CC(Br)[C@@H]1C2. The lowest BCUT2D eigenvalue weighted by molar-refractivity contribution is -0.129. The van der Waals surface area contributed by atoms with Gasteiger partial charge in [-0.2, -0.15) is 0 Å². The molecule has 0 aromatic carbocycles. The van der Waals surface area contributed by atoms with Gasteiger partial charge < -0.3 is 4.90 Å². The Balaban J connectivity index is 2.32. The fourth-order valence-electron chi connectivity index (χ4n) is 1.82. The maximum atomic E-state index is 11.4. The van der Waals surface area contributed by atoms with Crippen molar-refractivity contribution in [3.8, 4) is 0 Å². The molecule has 1 aliphatic carbocycles. The van der Waals surface area contributed by atoms with Crippen LogP contribution in [0.4, 0.5) is 0 Å². The molecular formula is C8H10BrNO. The molecule has 1 aliphatic heterocycles. The second-order valence-corrected chi connectivity index (χ2v) is 4.25. The normalized spacial score (nSPS) is 41.8. The largest absolute Gasteiger partial charge is 0.341 e. The van der Waals surface area contributed by atoms with Crippen LogP contribution in [0.2, 0.25) is 0 Å². The molecule has 3 atom stereocenters. The van der Waals surface area contributed by atoms with Gasteiger partial charge in [-0.05, 0) is 6.42 Å². The highest BCUT2D eigenvalue weighted by Crippen LogP contribution is 2.34. The lowest BCUT2D eigenvalue weighted by atomic mass is 9.97. The van der Waals surface area contributed by atoms with Crippen LogP contribution < -0.4 is 0 Å². The van der Waals surface area contributed by atoms with Gasteiger partial charge in [-0.15, -0.1) is 0 Å². The summed E-state index contributed by atoms with van der Waals surface area (Å²) in [7, 11) is 1.88. The molecule has 0 radical (unpaired) electrons. The van der Waals surface area contributed by atoms with Crippen molar-refractivity contribution in [2.24, 2.45) is 5.92 Å². The molecule has 1 unspecified atom stereocenters. The van der Waals surface area contributed by atoms with Crippen LogP contribution in [0.25, 0.3) is 0 Å². The first-order valence-electron chi connectivity index (χ1n) is 3.79. The van der Waals surface area contributed by atoms with E-state index < -0.39 is 0 Å². The maximum absolute atomic E-state index is 11.4. The molecule has 1 saturated heterocycles. The molecule has 0 saturated carbocycles. The number of carbonyl (C=O) groups excluding carboxylic acids is 1. The molecule has 0 N–H and O–H groups in total. The molecule has 1 heterocycles. The minimum atomic E-state index is 0.166. The van der Waals surface area contributed by atoms with E-state index in [-0.39, 0.29) is 11.8 Å². The lowest BCUT2D eigenvalue weighted by Gasteiger charge is -2.22. The summed E-state index contributed by atoms with van der Waals surface area (Å²) < 4.78 is 0. The van der Waals surface area contributed by atoms with E-state index in [2.05, 4.69) is 22.0 Å². The Labute approximate surface area is 74.4 Å². The van der Waals surface area contributed by atoms with Crippen LogP contribution in [0.15, 0.2) is 12.2 Å². The zero-order valence-electron chi connectivity index (χ0n) is 6.33. The van der Waals surface area contributed by atoms with Gasteiger partial charge in [0.2, 0.25) is 5.91 Å². The molecule has 60 valence electrons. The van der Waals surface area contributed by atoms with Crippen LogP contribution >= 0.6 is 15.9 Å². The van der Waals surface area contributed by atoms with Crippen LogP contribution in [-0.2, 0) is 4.79 Å². The molecule has 2 bridgehead atoms. The minimum absolute atomic E-state index is 0.166. The van der Waals surface area contributed by atoms with Gasteiger partial charge in [-0.25, -0.2) is 0 Å². The molecule has 1 fully saturated rings. The van der Waals surface area contributed by atoms with Crippen molar-refractivity contribution in [2.75, 3.05) is 7.05 Å². The standard InChI is InChI=1S/C8H10BrNO/c1-10-7-4-5(8(10)11)2-3-6(7)9/h2-3,5-7H,4H2,1H3/t5-,6?,7-/m0/s1. The highest BCUT2D eigenvalue weighted by molar-refractivity contribution is 9.09. The number of carbonyl (C=O) groups is 1. The first-order valence-corrected chi connectivity index (χ1v) is 4.71. The fraction of sp³-hybridized carbons (Fsp3) is 0.625. The third-order valence-electron chi connectivity index (χ3n) is 2.55. The summed E-state index contributed by atoms with van der Waals surface area (Å²) in [6.45, 7) is 0. The number of fused-ring (bicyclic) bond motifs is 2. The second-order valence-electron chi connectivity index (χ2n) is 3.19. The van der Waals surface area contributed by atoms with E-state index in [0.29, 0.717) is 10.9 Å². The quantitative estimate of drug-likeness (QED) is 0.439. The number of rotatable bonds is 0. The third kappa shape index (κ3) is 0.940. The van der Waals surface area contributed by atoms with Crippen molar-refractivity contribution in [1.29, 1.82) is 0 Å². The van der Waals surface area contributed by atoms with Gasteiger partial charge in [0, 0.05) is 13.1 Å². The Morgan fingerprint density at radius 2 is 2.36 bits per heavy atom. The predicted octanol–water partition coefficient (Wildman–Crippen LogP) is 1.17. The van der Waals surface area contributed by atoms with Crippen LogP contribution in [-0.4, -0.2) is 28.7 Å². The summed E-state index contributed by atoms with van der Waals surface area (Å²) in [5, 5.41) is 0. The molecule has 0 spiro atoms. The summed E-state index contributed by atoms with van der Waals surface area (Å²) in [6, 6.07) is 0.387.